The first-order chi connectivity index (χ1) is 8.35. The SMILES string of the molecule is CCCCCCCCOCC(CC)NCCC. The summed E-state index contributed by atoms with van der Waals surface area (Å²) >= 11 is 0. The van der Waals surface area contributed by atoms with Crippen molar-refractivity contribution in [1.29, 1.82) is 0 Å². The molecule has 104 valence electrons. The molecule has 2 nitrogen and oxygen atoms in total. The first-order valence-electron chi connectivity index (χ1n) is 7.66. The molecule has 1 N–H and O–H groups in total. The minimum absolute atomic E-state index is 0.551. The van der Waals surface area contributed by atoms with E-state index in [-0.39, 0.29) is 0 Å². The smallest absolute Gasteiger partial charge is 0.0619 e. The van der Waals surface area contributed by atoms with Crippen molar-refractivity contribution >= 4 is 0 Å². The van der Waals surface area contributed by atoms with E-state index in [1.807, 2.05) is 0 Å². The summed E-state index contributed by atoms with van der Waals surface area (Å²) < 4.78 is 5.73. The van der Waals surface area contributed by atoms with E-state index in [1.165, 1.54) is 44.9 Å². The first kappa shape index (κ1) is 16.9. The lowest BCUT2D eigenvalue weighted by Crippen LogP contribution is -2.33. The van der Waals surface area contributed by atoms with Gasteiger partial charge in [-0.1, -0.05) is 52.9 Å². The lowest BCUT2D eigenvalue weighted by Gasteiger charge is -2.16. The van der Waals surface area contributed by atoms with E-state index in [2.05, 4.69) is 26.1 Å². The van der Waals surface area contributed by atoms with Crippen LogP contribution in [-0.4, -0.2) is 25.8 Å². The van der Waals surface area contributed by atoms with Gasteiger partial charge in [0, 0.05) is 12.6 Å². The van der Waals surface area contributed by atoms with Crippen LogP contribution in [0.25, 0.3) is 0 Å². The summed E-state index contributed by atoms with van der Waals surface area (Å²) in [6, 6.07) is 0.551. The van der Waals surface area contributed by atoms with Crippen LogP contribution >= 0.6 is 0 Å². The zero-order chi connectivity index (χ0) is 12.8. The fourth-order valence-electron chi connectivity index (χ4n) is 1.88. The van der Waals surface area contributed by atoms with Gasteiger partial charge in [-0.2, -0.15) is 0 Å². The second-order valence-corrected chi connectivity index (χ2v) is 4.90. The summed E-state index contributed by atoms with van der Waals surface area (Å²) in [6.07, 6.45) is 10.4. The van der Waals surface area contributed by atoms with E-state index in [1.54, 1.807) is 0 Å². The largest absolute Gasteiger partial charge is 0.380 e. The zero-order valence-electron chi connectivity index (χ0n) is 12.3. The van der Waals surface area contributed by atoms with Crippen LogP contribution in [0.2, 0.25) is 0 Å². The quantitative estimate of drug-likeness (QED) is 0.491. The van der Waals surface area contributed by atoms with E-state index >= 15 is 0 Å². The molecular formula is C15H33NO. The minimum atomic E-state index is 0.551. The number of unbranched alkanes of at least 4 members (excludes halogenated alkanes) is 5. The molecule has 0 saturated heterocycles. The van der Waals surface area contributed by atoms with Gasteiger partial charge in [0.25, 0.3) is 0 Å². The molecule has 0 bridgehead atoms. The Kier molecular flexibility index (Phi) is 13.9. The summed E-state index contributed by atoms with van der Waals surface area (Å²) in [5, 5.41) is 3.51. The lowest BCUT2D eigenvalue weighted by molar-refractivity contribution is 0.106. The maximum Gasteiger partial charge on any atom is 0.0619 e. The highest BCUT2D eigenvalue weighted by atomic mass is 16.5. The van der Waals surface area contributed by atoms with Crippen LogP contribution in [0.3, 0.4) is 0 Å². The molecule has 0 fully saturated rings. The number of hydrogen-bond donors (Lipinski definition) is 1. The molecule has 2 heteroatoms. The van der Waals surface area contributed by atoms with Crippen molar-refractivity contribution in [3.05, 3.63) is 0 Å². The van der Waals surface area contributed by atoms with E-state index in [0.29, 0.717) is 6.04 Å². The first-order valence-corrected chi connectivity index (χ1v) is 7.66. The van der Waals surface area contributed by atoms with Crippen LogP contribution in [-0.2, 0) is 4.74 Å². The number of hydrogen-bond acceptors (Lipinski definition) is 2. The average Bonchev–Trinajstić information content (AvgIpc) is 2.36. The predicted molar refractivity (Wildman–Crippen MR) is 76.6 cm³/mol. The van der Waals surface area contributed by atoms with Crippen LogP contribution in [0.1, 0.15) is 72.1 Å². The molecule has 0 amide bonds. The lowest BCUT2D eigenvalue weighted by atomic mass is 10.1. The molecule has 0 saturated carbocycles. The highest BCUT2D eigenvalue weighted by Gasteiger charge is 2.03. The molecule has 0 spiro atoms. The summed E-state index contributed by atoms with van der Waals surface area (Å²) in [7, 11) is 0. The van der Waals surface area contributed by atoms with Gasteiger partial charge in [0.15, 0.2) is 0 Å². The monoisotopic (exact) mass is 243 g/mol. The molecule has 0 aromatic heterocycles. The topological polar surface area (TPSA) is 21.3 Å². The van der Waals surface area contributed by atoms with Gasteiger partial charge in [-0.15, -0.1) is 0 Å². The van der Waals surface area contributed by atoms with Gasteiger partial charge < -0.3 is 10.1 Å². The van der Waals surface area contributed by atoms with Crippen molar-refractivity contribution in [1.82, 2.24) is 5.32 Å². The molecule has 0 heterocycles. The predicted octanol–water partition coefficient (Wildman–Crippen LogP) is 4.14. The van der Waals surface area contributed by atoms with Gasteiger partial charge >= 0.3 is 0 Å². The second kappa shape index (κ2) is 14.0. The summed E-state index contributed by atoms with van der Waals surface area (Å²) in [5.41, 5.74) is 0. The third-order valence-corrected chi connectivity index (χ3v) is 3.14. The van der Waals surface area contributed by atoms with Crippen molar-refractivity contribution in [2.24, 2.45) is 0 Å². The number of nitrogens with one attached hydrogen (secondary N) is 1. The maximum absolute atomic E-state index is 5.73. The van der Waals surface area contributed by atoms with Crippen LogP contribution < -0.4 is 5.32 Å². The average molecular weight is 243 g/mol. The van der Waals surface area contributed by atoms with Crippen molar-refractivity contribution in [2.75, 3.05) is 19.8 Å². The Hall–Kier alpha value is -0.0800. The van der Waals surface area contributed by atoms with Gasteiger partial charge in [-0.3, -0.25) is 0 Å². The number of ether oxygens (including phenoxy) is 1. The number of rotatable bonds is 13. The molecular weight excluding hydrogens is 210 g/mol. The van der Waals surface area contributed by atoms with Crippen molar-refractivity contribution < 1.29 is 4.74 Å². The Bertz CT molecular complexity index is 139. The molecule has 0 rings (SSSR count). The molecule has 1 unspecified atom stereocenters. The fraction of sp³-hybridized carbons (Fsp3) is 1.00. The van der Waals surface area contributed by atoms with E-state index in [9.17, 15) is 0 Å². The van der Waals surface area contributed by atoms with E-state index in [0.717, 1.165) is 26.2 Å². The minimum Gasteiger partial charge on any atom is -0.380 e. The fourth-order valence-corrected chi connectivity index (χ4v) is 1.88. The van der Waals surface area contributed by atoms with Gasteiger partial charge in [0.1, 0.15) is 0 Å². The molecule has 0 aliphatic carbocycles. The van der Waals surface area contributed by atoms with Crippen LogP contribution in [0.5, 0.6) is 0 Å². The maximum atomic E-state index is 5.73. The van der Waals surface area contributed by atoms with Gasteiger partial charge in [-0.05, 0) is 25.8 Å². The van der Waals surface area contributed by atoms with Crippen molar-refractivity contribution in [3.63, 3.8) is 0 Å². The second-order valence-electron chi connectivity index (χ2n) is 4.90. The highest BCUT2D eigenvalue weighted by molar-refractivity contribution is 4.62. The van der Waals surface area contributed by atoms with Crippen molar-refractivity contribution in [3.8, 4) is 0 Å². The molecule has 0 aliphatic rings. The third-order valence-electron chi connectivity index (χ3n) is 3.14. The standard InChI is InChI=1S/C15H33NO/c1-4-7-8-9-10-11-13-17-14-15(6-3)16-12-5-2/h15-16H,4-14H2,1-3H3. The van der Waals surface area contributed by atoms with E-state index < -0.39 is 0 Å². The Morgan fingerprint density at radius 1 is 0.882 bits per heavy atom. The summed E-state index contributed by atoms with van der Waals surface area (Å²) in [4.78, 5) is 0. The molecule has 17 heavy (non-hydrogen) atoms. The molecule has 0 radical (unpaired) electrons. The zero-order valence-corrected chi connectivity index (χ0v) is 12.3. The van der Waals surface area contributed by atoms with E-state index in [4.69, 9.17) is 4.74 Å². The Morgan fingerprint density at radius 2 is 1.59 bits per heavy atom. The van der Waals surface area contributed by atoms with Gasteiger partial charge in [0.2, 0.25) is 0 Å². The van der Waals surface area contributed by atoms with Gasteiger partial charge in [0.05, 0.1) is 6.61 Å². The molecule has 0 aromatic rings. The van der Waals surface area contributed by atoms with Gasteiger partial charge in [-0.25, -0.2) is 0 Å². The van der Waals surface area contributed by atoms with Crippen LogP contribution in [0, 0.1) is 0 Å². The summed E-state index contributed by atoms with van der Waals surface area (Å²) in [5.74, 6) is 0. The Balaban J connectivity index is 3.19. The highest BCUT2D eigenvalue weighted by Crippen LogP contribution is 2.05. The Morgan fingerprint density at radius 3 is 2.24 bits per heavy atom. The van der Waals surface area contributed by atoms with Crippen LogP contribution in [0.4, 0.5) is 0 Å². The Labute approximate surface area is 109 Å². The molecule has 0 aromatic carbocycles. The summed E-state index contributed by atoms with van der Waals surface area (Å²) in [6.45, 7) is 9.62. The van der Waals surface area contributed by atoms with Crippen molar-refractivity contribution in [2.45, 2.75) is 78.2 Å². The normalized spacial score (nSPS) is 12.9. The molecule has 0 aliphatic heterocycles. The third kappa shape index (κ3) is 12.2. The molecule has 1 atom stereocenters. The van der Waals surface area contributed by atoms with Crippen LogP contribution in [0.15, 0.2) is 0 Å².